The Morgan fingerprint density at radius 3 is 2.76 bits per heavy atom. The minimum Gasteiger partial charge on any atom is -0.484 e. The van der Waals surface area contributed by atoms with Crippen molar-refractivity contribution in [3.8, 4) is 17.0 Å². The van der Waals surface area contributed by atoms with Crippen molar-refractivity contribution in [3.63, 3.8) is 0 Å². The molecule has 0 radical (unpaired) electrons. The number of anilines is 1. The maximum absolute atomic E-state index is 14.7. The summed E-state index contributed by atoms with van der Waals surface area (Å²) in [5.41, 5.74) is 2.94. The lowest BCUT2D eigenvalue weighted by atomic mass is 10.0. The molecule has 2 fully saturated rings. The number of nitrogens with one attached hydrogen (secondary N) is 1. The Hall–Kier alpha value is -3.93. The zero-order chi connectivity index (χ0) is 27.0. The van der Waals surface area contributed by atoms with Gasteiger partial charge in [-0.1, -0.05) is 0 Å². The molecule has 38 heavy (non-hydrogen) atoms. The first-order valence-corrected chi connectivity index (χ1v) is 12.3. The summed E-state index contributed by atoms with van der Waals surface area (Å²) in [5, 5.41) is 16.0. The van der Waals surface area contributed by atoms with Crippen LogP contribution in [0.2, 0.25) is 0 Å². The summed E-state index contributed by atoms with van der Waals surface area (Å²) in [5.74, 6) is -3.41. The molecule has 5 rings (SSSR count). The highest BCUT2D eigenvalue weighted by atomic mass is 19.3. The van der Waals surface area contributed by atoms with Crippen LogP contribution in [0.5, 0.6) is 5.75 Å². The average Bonchev–Trinajstić information content (AvgIpc) is 3.58. The lowest BCUT2D eigenvalue weighted by Crippen LogP contribution is -2.55. The molecule has 3 aromatic rings. The smallest absolute Gasteiger partial charge is 0.301 e. The van der Waals surface area contributed by atoms with Crippen LogP contribution in [0.3, 0.4) is 0 Å². The summed E-state index contributed by atoms with van der Waals surface area (Å²) in [7, 11) is 1.84. The normalized spacial score (nSPS) is 22.1. The predicted molar refractivity (Wildman–Crippen MR) is 133 cm³/mol. The van der Waals surface area contributed by atoms with Crippen LogP contribution in [0.25, 0.3) is 11.3 Å². The van der Waals surface area contributed by atoms with Gasteiger partial charge in [-0.05, 0) is 48.6 Å². The number of nitrogens with zero attached hydrogens (tertiary/aromatic N) is 5. The largest absolute Gasteiger partial charge is 0.484 e. The fourth-order valence-corrected chi connectivity index (χ4v) is 4.76. The van der Waals surface area contributed by atoms with Crippen molar-refractivity contribution in [1.29, 1.82) is 0 Å². The molecule has 1 aromatic carbocycles. The van der Waals surface area contributed by atoms with Crippen molar-refractivity contribution >= 4 is 17.6 Å². The van der Waals surface area contributed by atoms with Crippen LogP contribution in [0.1, 0.15) is 29.9 Å². The summed E-state index contributed by atoms with van der Waals surface area (Å²) in [6, 6.07) is 6.75. The SMILES string of the molecule is Cc1cc(-c2cc(NC(=O)C3C[C@@H]3c3cnn(C)c3)ncn2)ccc1O[C@H]1CCN(C(=O)CO)CC1(F)F. The van der Waals surface area contributed by atoms with Crippen molar-refractivity contribution in [3.05, 3.63) is 54.1 Å². The van der Waals surface area contributed by atoms with Crippen LogP contribution in [-0.4, -0.2) is 73.3 Å². The molecule has 2 aliphatic rings. The Morgan fingerprint density at radius 1 is 1.26 bits per heavy atom. The summed E-state index contributed by atoms with van der Waals surface area (Å²) in [4.78, 5) is 33.7. The zero-order valence-electron chi connectivity index (χ0n) is 21.0. The van der Waals surface area contributed by atoms with Gasteiger partial charge >= 0.3 is 5.92 Å². The van der Waals surface area contributed by atoms with Gasteiger partial charge in [0.25, 0.3) is 0 Å². The molecule has 1 saturated carbocycles. The number of carbonyl (C=O) groups excluding carboxylic acids is 2. The number of likely N-dealkylation sites (tertiary alicyclic amines) is 1. The van der Waals surface area contributed by atoms with Crippen molar-refractivity contribution in [2.24, 2.45) is 13.0 Å². The van der Waals surface area contributed by atoms with Crippen LogP contribution >= 0.6 is 0 Å². The predicted octanol–water partition coefficient (Wildman–Crippen LogP) is 2.54. The third-order valence-electron chi connectivity index (χ3n) is 6.96. The highest BCUT2D eigenvalue weighted by molar-refractivity contribution is 5.94. The van der Waals surface area contributed by atoms with E-state index in [1.165, 1.54) is 6.33 Å². The summed E-state index contributed by atoms with van der Waals surface area (Å²) < 4.78 is 36.7. The molecule has 3 atom stereocenters. The molecular formula is C26H28F2N6O4. The molecule has 200 valence electrons. The number of benzene rings is 1. The van der Waals surface area contributed by atoms with Crippen LogP contribution in [-0.2, 0) is 16.6 Å². The van der Waals surface area contributed by atoms with Gasteiger partial charge < -0.3 is 20.1 Å². The number of aliphatic hydroxyl groups excluding tert-OH is 1. The zero-order valence-corrected chi connectivity index (χ0v) is 21.0. The molecule has 1 aliphatic carbocycles. The Morgan fingerprint density at radius 2 is 2.08 bits per heavy atom. The van der Waals surface area contributed by atoms with Gasteiger partial charge in [0.05, 0.1) is 18.4 Å². The van der Waals surface area contributed by atoms with Gasteiger partial charge in [-0.15, -0.1) is 0 Å². The third kappa shape index (κ3) is 5.35. The van der Waals surface area contributed by atoms with E-state index in [0.717, 1.165) is 16.9 Å². The fourth-order valence-electron chi connectivity index (χ4n) is 4.76. The Kier molecular flexibility index (Phi) is 6.82. The molecule has 2 N–H and O–H groups in total. The number of carbonyl (C=O) groups is 2. The number of piperidine rings is 1. The molecule has 1 saturated heterocycles. The first-order valence-electron chi connectivity index (χ1n) is 12.3. The number of rotatable bonds is 7. The minimum atomic E-state index is -3.26. The second-order valence-electron chi connectivity index (χ2n) is 9.78. The van der Waals surface area contributed by atoms with E-state index < -0.39 is 31.1 Å². The standard InChI is InChI=1S/C26H28F2N6O4/c1-15-7-16(3-4-21(15)38-22-5-6-34(24(36)12-35)13-26(22,27)28)20-9-23(30-14-29-20)32-25(37)19-8-18(19)17-10-31-33(2)11-17/h3-4,7,9-11,14,18-19,22,35H,5-6,8,12-13H2,1-2H3,(H,29,30,32,37)/t18-,19?,22+/m1/s1. The minimum absolute atomic E-state index is 0.0580. The third-order valence-corrected chi connectivity index (χ3v) is 6.96. The van der Waals surface area contributed by atoms with Crippen LogP contribution < -0.4 is 10.1 Å². The average molecular weight is 527 g/mol. The molecule has 12 heteroatoms. The molecule has 1 unspecified atom stereocenters. The highest BCUT2D eigenvalue weighted by Crippen LogP contribution is 2.47. The number of amides is 2. The fraction of sp³-hybridized carbons (Fsp3) is 0.423. The number of aromatic nitrogens is 4. The number of halogens is 2. The molecular weight excluding hydrogens is 498 g/mol. The maximum Gasteiger partial charge on any atom is 0.301 e. The van der Waals surface area contributed by atoms with Crippen molar-refractivity contribution < 1.29 is 28.2 Å². The summed E-state index contributed by atoms with van der Waals surface area (Å²) in [6.07, 6.45) is 4.35. The lowest BCUT2D eigenvalue weighted by molar-refractivity contribution is -0.161. The van der Waals surface area contributed by atoms with Gasteiger partial charge in [-0.25, -0.2) is 18.7 Å². The van der Waals surface area contributed by atoms with E-state index in [1.54, 1.807) is 42.1 Å². The molecule has 3 heterocycles. The van der Waals surface area contributed by atoms with Gasteiger partial charge in [0.15, 0.2) is 6.10 Å². The highest BCUT2D eigenvalue weighted by Gasteiger charge is 2.48. The molecule has 2 amide bonds. The van der Waals surface area contributed by atoms with E-state index in [0.29, 0.717) is 28.4 Å². The molecule has 2 aromatic heterocycles. The van der Waals surface area contributed by atoms with E-state index in [1.807, 2.05) is 13.2 Å². The van der Waals surface area contributed by atoms with Gasteiger partial charge in [0.2, 0.25) is 11.8 Å². The van der Waals surface area contributed by atoms with Crippen molar-refractivity contribution in [2.75, 3.05) is 25.0 Å². The number of alkyl halides is 2. The van der Waals surface area contributed by atoms with E-state index in [-0.39, 0.29) is 30.7 Å². The second-order valence-corrected chi connectivity index (χ2v) is 9.78. The van der Waals surface area contributed by atoms with Crippen LogP contribution in [0.4, 0.5) is 14.6 Å². The number of aliphatic hydroxyl groups is 1. The lowest BCUT2D eigenvalue weighted by Gasteiger charge is -2.38. The van der Waals surface area contributed by atoms with Crippen LogP contribution in [0.15, 0.2) is 43.0 Å². The Balaban J connectivity index is 1.23. The topological polar surface area (TPSA) is 122 Å². The number of aryl methyl sites for hydroxylation is 2. The molecule has 0 bridgehead atoms. The van der Waals surface area contributed by atoms with E-state index >= 15 is 0 Å². The summed E-state index contributed by atoms with van der Waals surface area (Å²) in [6.45, 7) is 0.226. The van der Waals surface area contributed by atoms with Gasteiger partial charge in [0.1, 0.15) is 24.5 Å². The summed E-state index contributed by atoms with van der Waals surface area (Å²) >= 11 is 0. The number of ether oxygens (including phenoxy) is 1. The Bertz CT molecular complexity index is 1360. The first-order chi connectivity index (χ1) is 18.1. The molecule has 1 aliphatic heterocycles. The maximum atomic E-state index is 14.7. The van der Waals surface area contributed by atoms with E-state index in [4.69, 9.17) is 9.84 Å². The van der Waals surface area contributed by atoms with Gasteiger partial charge in [0, 0.05) is 43.8 Å². The molecule has 0 spiro atoms. The van der Waals surface area contributed by atoms with Crippen molar-refractivity contribution in [2.45, 2.75) is 37.7 Å². The number of hydrogen-bond acceptors (Lipinski definition) is 7. The van der Waals surface area contributed by atoms with E-state index in [9.17, 15) is 18.4 Å². The quantitative estimate of drug-likeness (QED) is 0.485. The molecule has 10 nitrogen and oxygen atoms in total. The van der Waals surface area contributed by atoms with Gasteiger partial charge in [-0.2, -0.15) is 5.10 Å². The van der Waals surface area contributed by atoms with E-state index in [2.05, 4.69) is 20.4 Å². The van der Waals surface area contributed by atoms with Crippen molar-refractivity contribution in [1.82, 2.24) is 24.6 Å². The second kappa shape index (κ2) is 10.1. The monoisotopic (exact) mass is 526 g/mol. The van der Waals surface area contributed by atoms with Crippen LogP contribution in [0, 0.1) is 12.8 Å². The van der Waals surface area contributed by atoms with Gasteiger partial charge in [-0.3, -0.25) is 14.3 Å². The number of hydrogen-bond donors (Lipinski definition) is 2. The first kappa shape index (κ1) is 25.7. The Labute approximate surface area is 217 Å².